The van der Waals surface area contributed by atoms with Gasteiger partial charge in [-0.2, -0.15) is 4.31 Å². The summed E-state index contributed by atoms with van der Waals surface area (Å²) in [5, 5.41) is 0.545. The van der Waals surface area contributed by atoms with Gasteiger partial charge in [0.1, 0.15) is 11.5 Å². The quantitative estimate of drug-likeness (QED) is 0.324. The van der Waals surface area contributed by atoms with Crippen LogP contribution in [0.2, 0.25) is 0 Å². The molecule has 10 heteroatoms. The SMILES string of the molecule is CCOc1ccc2nc(N(Cc3ccco3)C(=O)C3CCCN(S(=O)(=O)c4ccccc4)C3)sc2c1. The molecular weight excluding hydrogens is 498 g/mol. The van der Waals surface area contributed by atoms with Crippen LogP contribution in [-0.4, -0.2) is 43.3 Å². The molecule has 0 spiro atoms. The predicted molar refractivity (Wildman–Crippen MR) is 139 cm³/mol. The number of nitrogens with zero attached hydrogens (tertiary/aromatic N) is 3. The van der Waals surface area contributed by atoms with E-state index in [1.807, 2.05) is 31.2 Å². The van der Waals surface area contributed by atoms with Gasteiger partial charge in [0.15, 0.2) is 5.13 Å². The lowest BCUT2D eigenvalue weighted by Crippen LogP contribution is -2.46. The highest BCUT2D eigenvalue weighted by Crippen LogP contribution is 2.34. The molecule has 0 aliphatic carbocycles. The van der Waals surface area contributed by atoms with Crippen LogP contribution < -0.4 is 9.64 Å². The molecule has 1 amide bonds. The monoisotopic (exact) mass is 525 g/mol. The van der Waals surface area contributed by atoms with Crippen molar-refractivity contribution in [2.75, 3.05) is 24.6 Å². The molecule has 4 aromatic rings. The van der Waals surface area contributed by atoms with Gasteiger partial charge in [0, 0.05) is 13.1 Å². The number of hydrogen-bond donors (Lipinski definition) is 0. The van der Waals surface area contributed by atoms with E-state index in [0.29, 0.717) is 36.9 Å². The first kappa shape index (κ1) is 24.5. The van der Waals surface area contributed by atoms with E-state index in [1.165, 1.54) is 15.6 Å². The Kier molecular flexibility index (Phi) is 7.08. The van der Waals surface area contributed by atoms with Gasteiger partial charge in [0.25, 0.3) is 0 Å². The number of aromatic nitrogens is 1. The maximum atomic E-state index is 13.9. The van der Waals surface area contributed by atoms with Crippen molar-refractivity contribution in [3.8, 4) is 5.75 Å². The van der Waals surface area contributed by atoms with Crippen molar-refractivity contribution in [1.29, 1.82) is 0 Å². The van der Waals surface area contributed by atoms with Crippen LogP contribution in [0.1, 0.15) is 25.5 Å². The third-order valence-electron chi connectivity index (χ3n) is 6.16. The van der Waals surface area contributed by atoms with Crippen LogP contribution >= 0.6 is 11.3 Å². The number of hydrogen-bond acceptors (Lipinski definition) is 7. The van der Waals surface area contributed by atoms with Gasteiger partial charge in [0.2, 0.25) is 15.9 Å². The number of anilines is 1. The maximum absolute atomic E-state index is 13.9. The van der Waals surface area contributed by atoms with Crippen LogP contribution in [0.4, 0.5) is 5.13 Å². The molecule has 1 unspecified atom stereocenters. The van der Waals surface area contributed by atoms with Gasteiger partial charge in [0.05, 0.1) is 40.4 Å². The Morgan fingerprint density at radius 3 is 2.78 bits per heavy atom. The van der Waals surface area contributed by atoms with Gasteiger partial charge in [-0.15, -0.1) is 0 Å². The molecular formula is C26H27N3O5S2. The molecule has 1 saturated heterocycles. The zero-order chi connectivity index (χ0) is 25.1. The first-order valence-corrected chi connectivity index (χ1v) is 14.1. The largest absolute Gasteiger partial charge is 0.494 e. The van der Waals surface area contributed by atoms with Gasteiger partial charge in [-0.1, -0.05) is 29.5 Å². The van der Waals surface area contributed by atoms with E-state index >= 15 is 0 Å². The maximum Gasteiger partial charge on any atom is 0.243 e. The Morgan fingerprint density at radius 2 is 2.03 bits per heavy atom. The number of ether oxygens (including phenoxy) is 1. The summed E-state index contributed by atoms with van der Waals surface area (Å²) in [5.74, 6) is 0.724. The summed E-state index contributed by atoms with van der Waals surface area (Å²) in [5.41, 5.74) is 0.771. The number of carbonyl (C=O) groups excluding carboxylic acids is 1. The Morgan fingerprint density at radius 1 is 1.19 bits per heavy atom. The number of fused-ring (bicyclic) bond motifs is 1. The van der Waals surface area contributed by atoms with E-state index in [0.717, 1.165) is 16.0 Å². The minimum Gasteiger partial charge on any atom is -0.494 e. The van der Waals surface area contributed by atoms with Crippen LogP contribution in [0.25, 0.3) is 10.2 Å². The van der Waals surface area contributed by atoms with Gasteiger partial charge in [-0.25, -0.2) is 13.4 Å². The standard InChI is InChI=1S/C26H27N3O5S2/c1-2-33-20-12-13-23-24(16-20)35-26(27-23)29(18-21-9-7-15-34-21)25(30)19-8-6-14-28(17-19)36(31,32)22-10-4-3-5-11-22/h3-5,7,9-13,15-16,19H,2,6,8,14,17-18H2,1H3. The molecule has 0 bridgehead atoms. The fourth-order valence-corrected chi connectivity index (χ4v) is 6.93. The van der Waals surface area contributed by atoms with Crippen molar-refractivity contribution in [2.45, 2.75) is 31.2 Å². The summed E-state index contributed by atoms with van der Waals surface area (Å²) >= 11 is 1.40. The average Bonchev–Trinajstić information content (AvgIpc) is 3.57. The number of rotatable bonds is 8. The van der Waals surface area contributed by atoms with E-state index < -0.39 is 15.9 Å². The number of sulfonamides is 1. The summed E-state index contributed by atoms with van der Waals surface area (Å²) in [7, 11) is -3.68. The number of benzene rings is 2. The van der Waals surface area contributed by atoms with Crippen molar-refractivity contribution in [1.82, 2.24) is 9.29 Å². The first-order valence-electron chi connectivity index (χ1n) is 11.9. The zero-order valence-electron chi connectivity index (χ0n) is 19.9. The highest BCUT2D eigenvalue weighted by Gasteiger charge is 2.36. The normalized spacial score (nSPS) is 16.8. The molecule has 1 aliphatic heterocycles. The predicted octanol–water partition coefficient (Wildman–Crippen LogP) is 4.92. The van der Waals surface area contributed by atoms with Crippen molar-refractivity contribution in [2.24, 2.45) is 5.92 Å². The average molecular weight is 526 g/mol. The number of carbonyl (C=O) groups is 1. The van der Waals surface area contributed by atoms with E-state index in [1.54, 1.807) is 47.6 Å². The Labute approximate surface area is 214 Å². The summed E-state index contributed by atoms with van der Waals surface area (Å²) in [6.45, 7) is 3.22. The van der Waals surface area contributed by atoms with Crippen molar-refractivity contribution in [3.63, 3.8) is 0 Å². The molecule has 3 heterocycles. The second kappa shape index (κ2) is 10.4. The lowest BCUT2D eigenvalue weighted by molar-refractivity contribution is -0.123. The summed E-state index contributed by atoms with van der Waals surface area (Å²) in [6.07, 6.45) is 2.78. The molecule has 0 radical (unpaired) electrons. The molecule has 2 aromatic heterocycles. The Hall–Kier alpha value is -3.21. The third-order valence-corrected chi connectivity index (χ3v) is 9.09. The number of piperidine rings is 1. The number of amides is 1. The molecule has 1 aliphatic rings. The molecule has 0 saturated carbocycles. The lowest BCUT2D eigenvalue weighted by atomic mass is 9.98. The minimum atomic E-state index is -3.68. The minimum absolute atomic E-state index is 0.129. The Bertz CT molecular complexity index is 1440. The van der Waals surface area contributed by atoms with E-state index in [2.05, 4.69) is 0 Å². The second-order valence-electron chi connectivity index (χ2n) is 8.58. The fourth-order valence-electron chi connectivity index (χ4n) is 4.39. The second-order valence-corrected chi connectivity index (χ2v) is 11.5. The van der Waals surface area contributed by atoms with E-state index in [4.69, 9.17) is 14.1 Å². The van der Waals surface area contributed by atoms with Crippen molar-refractivity contribution >= 4 is 42.6 Å². The molecule has 1 fully saturated rings. The van der Waals surface area contributed by atoms with Gasteiger partial charge in [-0.3, -0.25) is 9.69 Å². The van der Waals surface area contributed by atoms with Crippen molar-refractivity contribution in [3.05, 3.63) is 72.7 Å². The van der Waals surface area contributed by atoms with Gasteiger partial charge in [-0.05, 0) is 62.2 Å². The lowest BCUT2D eigenvalue weighted by Gasteiger charge is -2.33. The van der Waals surface area contributed by atoms with Gasteiger partial charge < -0.3 is 9.15 Å². The molecule has 8 nitrogen and oxygen atoms in total. The molecule has 36 heavy (non-hydrogen) atoms. The molecule has 2 aromatic carbocycles. The van der Waals surface area contributed by atoms with Crippen LogP contribution in [0.5, 0.6) is 5.75 Å². The fraction of sp³-hybridized carbons (Fsp3) is 0.308. The van der Waals surface area contributed by atoms with Crippen LogP contribution in [0, 0.1) is 5.92 Å². The molecule has 188 valence electrons. The number of thiazole rings is 1. The van der Waals surface area contributed by atoms with Crippen LogP contribution in [0.15, 0.2) is 76.2 Å². The topological polar surface area (TPSA) is 92.9 Å². The zero-order valence-corrected chi connectivity index (χ0v) is 21.5. The molecule has 1 atom stereocenters. The van der Waals surface area contributed by atoms with Crippen molar-refractivity contribution < 1.29 is 22.4 Å². The first-order chi connectivity index (χ1) is 17.5. The summed E-state index contributed by atoms with van der Waals surface area (Å²) in [6, 6.07) is 17.6. The van der Waals surface area contributed by atoms with Crippen LogP contribution in [0.3, 0.4) is 0 Å². The Balaban J connectivity index is 1.44. The highest BCUT2D eigenvalue weighted by molar-refractivity contribution is 7.89. The third kappa shape index (κ3) is 5.02. The van der Waals surface area contributed by atoms with E-state index in [9.17, 15) is 13.2 Å². The highest BCUT2D eigenvalue weighted by atomic mass is 32.2. The summed E-state index contributed by atoms with van der Waals surface area (Å²) < 4.78 is 39.9. The van der Waals surface area contributed by atoms with E-state index in [-0.39, 0.29) is 23.9 Å². The number of furan rings is 1. The summed E-state index contributed by atoms with van der Waals surface area (Å²) in [4.78, 5) is 20.5. The molecule has 5 rings (SSSR count). The van der Waals surface area contributed by atoms with Gasteiger partial charge >= 0.3 is 0 Å². The molecule has 0 N–H and O–H groups in total. The smallest absolute Gasteiger partial charge is 0.243 e. The van der Waals surface area contributed by atoms with Crippen LogP contribution in [-0.2, 0) is 21.4 Å².